The van der Waals surface area contributed by atoms with Crippen LogP contribution in [0, 0.1) is 5.41 Å². The van der Waals surface area contributed by atoms with E-state index in [1.54, 1.807) is 12.4 Å². The highest BCUT2D eigenvalue weighted by Gasteiger charge is 2.38. The molecule has 5 heterocycles. The van der Waals surface area contributed by atoms with E-state index < -0.39 is 0 Å². The Labute approximate surface area is 226 Å². The smallest absolute Gasteiger partial charge is 0.270 e. The number of hydrogen-bond acceptors (Lipinski definition) is 6. The van der Waals surface area contributed by atoms with Crippen LogP contribution in [0.5, 0.6) is 0 Å². The summed E-state index contributed by atoms with van der Waals surface area (Å²) in [7, 11) is 2.20. The van der Waals surface area contributed by atoms with Gasteiger partial charge in [0.25, 0.3) is 5.91 Å². The van der Waals surface area contributed by atoms with Crippen molar-refractivity contribution in [3.8, 4) is 11.4 Å². The Bertz CT molecular complexity index is 1650. The zero-order valence-electron chi connectivity index (χ0n) is 22.1. The number of hydrogen-bond donors (Lipinski definition) is 3. The maximum absolute atomic E-state index is 13.4. The highest BCUT2D eigenvalue weighted by molar-refractivity contribution is 5.98. The first kappa shape index (κ1) is 23.8. The molecule has 1 amide bonds. The summed E-state index contributed by atoms with van der Waals surface area (Å²) in [5.41, 5.74) is 4.78. The van der Waals surface area contributed by atoms with E-state index in [1.807, 2.05) is 53.4 Å². The third kappa shape index (κ3) is 4.63. The van der Waals surface area contributed by atoms with Gasteiger partial charge in [0.1, 0.15) is 11.5 Å². The minimum atomic E-state index is 0.0903. The monoisotopic (exact) mass is 520 g/mol. The Hall–Kier alpha value is -4.24. The second-order valence-corrected chi connectivity index (χ2v) is 11.1. The molecule has 5 aromatic rings. The fourth-order valence-corrected chi connectivity index (χ4v) is 6.06. The van der Waals surface area contributed by atoms with Crippen molar-refractivity contribution < 1.29 is 4.79 Å². The van der Waals surface area contributed by atoms with Crippen LogP contribution in [0.2, 0.25) is 0 Å². The van der Waals surface area contributed by atoms with Crippen molar-refractivity contribution in [1.29, 1.82) is 0 Å². The van der Waals surface area contributed by atoms with Crippen molar-refractivity contribution in [2.45, 2.75) is 25.7 Å². The maximum Gasteiger partial charge on any atom is 0.270 e. The average Bonchev–Trinajstić information content (AvgIpc) is 3.61. The van der Waals surface area contributed by atoms with Gasteiger partial charge in [-0.15, -0.1) is 0 Å². The van der Waals surface area contributed by atoms with E-state index in [0.29, 0.717) is 22.8 Å². The zero-order valence-corrected chi connectivity index (χ0v) is 22.1. The summed E-state index contributed by atoms with van der Waals surface area (Å²) in [5, 5.41) is 12.4. The average molecular weight is 521 g/mol. The number of carbonyl (C=O) groups is 1. The molecule has 39 heavy (non-hydrogen) atoms. The number of nitrogens with one attached hydrogen (secondary N) is 3. The molecular weight excluding hydrogens is 488 g/mol. The molecule has 3 N–H and O–H groups in total. The van der Waals surface area contributed by atoms with E-state index in [-0.39, 0.29) is 5.91 Å². The number of nitrogens with zero attached hydrogens (tertiary/aromatic N) is 5. The van der Waals surface area contributed by atoms with Crippen molar-refractivity contribution >= 4 is 39.2 Å². The molecule has 0 unspecified atom stereocenters. The Morgan fingerprint density at radius 1 is 0.923 bits per heavy atom. The lowest BCUT2D eigenvalue weighted by Crippen LogP contribution is -2.47. The van der Waals surface area contributed by atoms with Gasteiger partial charge in [0.05, 0.1) is 11.7 Å². The van der Waals surface area contributed by atoms with Gasteiger partial charge in [0.2, 0.25) is 0 Å². The van der Waals surface area contributed by atoms with Crippen LogP contribution in [0.3, 0.4) is 0 Å². The van der Waals surface area contributed by atoms with Crippen molar-refractivity contribution in [1.82, 2.24) is 34.9 Å². The first-order chi connectivity index (χ1) is 19.0. The number of aromatic nitrogens is 5. The molecule has 7 rings (SSSR count). The van der Waals surface area contributed by atoms with E-state index in [9.17, 15) is 4.79 Å². The topological polar surface area (TPSA) is 106 Å². The molecule has 0 radical (unpaired) electrons. The van der Waals surface area contributed by atoms with Crippen molar-refractivity contribution in [2.24, 2.45) is 5.41 Å². The number of aromatic amines is 2. The predicted octanol–water partition coefficient (Wildman–Crippen LogP) is 5.19. The predicted molar refractivity (Wildman–Crippen MR) is 153 cm³/mol. The molecule has 0 bridgehead atoms. The Kier molecular flexibility index (Phi) is 5.81. The third-order valence-corrected chi connectivity index (χ3v) is 8.64. The third-order valence-electron chi connectivity index (χ3n) is 8.64. The second-order valence-electron chi connectivity index (χ2n) is 11.1. The van der Waals surface area contributed by atoms with E-state index >= 15 is 0 Å². The van der Waals surface area contributed by atoms with E-state index in [0.717, 1.165) is 59.0 Å². The summed E-state index contributed by atoms with van der Waals surface area (Å²) < 4.78 is 0. The van der Waals surface area contributed by atoms with Crippen LogP contribution in [0.15, 0.2) is 60.9 Å². The minimum Gasteiger partial charge on any atom is -0.351 e. The fraction of sp³-hybridized carbons (Fsp3) is 0.333. The van der Waals surface area contributed by atoms with Crippen LogP contribution in [0.25, 0.3) is 33.2 Å². The number of rotatable bonds is 4. The van der Waals surface area contributed by atoms with E-state index in [1.165, 1.54) is 25.9 Å². The molecule has 0 atom stereocenters. The lowest BCUT2D eigenvalue weighted by Gasteiger charge is -2.46. The molecule has 9 nitrogen and oxygen atoms in total. The number of piperidine rings is 2. The number of fused-ring (bicyclic) bond motifs is 2. The van der Waals surface area contributed by atoms with Crippen molar-refractivity contribution in [3.63, 3.8) is 0 Å². The number of H-pyrrole nitrogens is 2. The van der Waals surface area contributed by atoms with Crippen LogP contribution < -0.4 is 5.32 Å². The van der Waals surface area contributed by atoms with Crippen LogP contribution in [-0.2, 0) is 0 Å². The standard InChI is InChI=1S/C30H32N8O/c1-37-12-7-30(8-13-37)9-14-38(15-10-30)29(39)26-17-20-2-3-21(18-25(20)34-26)28-31-11-6-27(35-28)33-23-4-5-24-22(16-23)19-32-36-24/h2-6,11,16-19,34H,7-10,12-15H2,1H3,(H,32,36)(H,31,33,35). The maximum atomic E-state index is 13.4. The van der Waals surface area contributed by atoms with Crippen molar-refractivity contribution in [3.05, 3.63) is 66.6 Å². The van der Waals surface area contributed by atoms with Gasteiger partial charge < -0.3 is 20.1 Å². The molecular formula is C30H32N8O. The second kappa shape index (κ2) is 9.50. The number of anilines is 2. The minimum absolute atomic E-state index is 0.0903. The fourth-order valence-electron chi connectivity index (χ4n) is 6.06. The Morgan fingerprint density at radius 2 is 1.74 bits per heavy atom. The summed E-state index contributed by atoms with van der Waals surface area (Å²) in [6.45, 7) is 4.01. The molecule has 2 aliphatic heterocycles. The van der Waals surface area contributed by atoms with Gasteiger partial charge in [-0.1, -0.05) is 12.1 Å². The number of benzene rings is 2. The molecule has 2 aliphatic rings. The summed E-state index contributed by atoms with van der Waals surface area (Å²) in [6.07, 6.45) is 8.26. The molecule has 0 aliphatic carbocycles. The first-order valence-electron chi connectivity index (χ1n) is 13.7. The first-order valence-corrected chi connectivity index (χ1v) is 13.7. The van der Waals surface area contributed by atoms with E-state index in [4.69, 9.17) is 4.98 Å². The summed E-state index contributed by atoms with van der Waals surface area (Å²) in [5.74, 6) is 1.42. The van der Waals surface area contributed by atoms with Gasteiger partial charge in [-0.05, 0) is 87.6 Å². The molecule has 2 aromatic carbocycles. The normalized spacial score (nSPS) is 17.7. The van der Waals surface area contributed by atoms with E-state index in [2.05, 4.69) is 37.4 Å². The van der Waals surface area contributed by atoms with Gasteiger partial charge in [-0.2, -0.15) is 5.10 Å². The SMILES string of the molecule is CN1CCC2(CC1)CCN(C(=O)c1cc3ccc(-c4nccc(Nc5ccc6[nH]ncc6c5)n4)cc3[nH]1)CC2. The lowest BCUT2D eigenvalue weighted by atomic mass is 9.71. The number of likely N-dealkylation sites (tertiary alicyclic amines) is 2. The van der Waals surface area contributed by atoms with Gasteiger partial charge in [0, 0.05) is 46.8 Å². The molecule has 9 heteroatoms. The van der Waals surface area contributed by atoms with Crippen LogP contribution in [0.4, 0.5) is 11.5 Å². The summed E-state index contributed by atoms with van der Waals surface area (Å²) >= 11 is 0. The quantitative estimate of drug-likeness (QED) is 0.301. The molecule has 0 saturated carbocycles. The van der Waals surface area contributed by atoms with Gasteiger partial charge >= 0.3 is 0 Å². The zero-order chi connectivity index (χ0) is 26.4. The summed E-state index contributed by atoms with van der Waals surface area (Å²) in [4.78, 5) is 30.4. The highest BCUT2D eigenvalue weighted by atomic mass is 16.2. The van der Waals surface area contributed by atoms with Crippen LogP contribution in [-0.4, -0.2) is 74.1 Å². The number of amides is 1. The van der Waals surface area contributed by atoms with Crippen LogP contribution >= 0.6 is 0 Å². The Morgan fingerprint density at radius 3 is 2.59 bits per heavy atom. The lowest BCUT2D eigenvalue weighted by molar-refractivity contribution is 0.0349. The molecule has 2 saturated heterocycles. The highest BCUT2D eigenvalue weighted by Crippen LogP contribution is 2.41. The largest absolute Gasteiger partial charge is 0.351 e. The van der Waals surface area contributed by atoms with Crippen LogP contribution in [0.1, 0.15) is 36.2 Å². The van der Waals surface area contributed by atoms with Gasteiger partial charge in [0.15, 0.2) is 5.82 Å². The van der Waals surface area contributed by atoms with Gasteiger partial charge in [-0.25, -0.2) is 9.97 Å². The van der Waals surface area contributed by atoms with Crippen molar-refractivity contribution in [2.75, 3.05) is 38.5 Å². The molecule has 198 valence electrons. The molecule has 2 fully saturated rings. The Balaban J connectivity index is 1.07. The van der Waals surface area contributed by atoms with Gasteiger partial charge in [-0.3, -0.25) is 9.89 Å². The molecule has 1 spiro atoms. The molecule has 3 aromatic heterocycles. The summed E-state index contributed by atoms with van der Waals surface area (Å²) in [6, 6.07) is 15.9. The number of carbonyl (C=O) groups excluding carboxylic acids is 1.